The van der Waals surface area contributed by atoms with Crippen molar-refractivity contribution in [3.05, 3.63) is 0 Å². The molecule has 0 aromatic rings. The minimum Gasteiger partial charge on any atom is -0.316 e. The van der Waals surface area contributed by atoms with Gasteiger partial charge in [0, 0.05) is 19.6 Å². The van der Waals surface area contributed by atoms with Gasteiger partial charge in [-0.05, 0) is 55.5 Å². The molecule has 0 atom stereocenters. The van der Waals surface area contributed by atoms with E-state index >= 15 is 0 Å². The first-order valence-electron chi connectivity index (χ1n) is 8.84. The molecule has 2 fully saturated rings. The number of nitrogens with zero attached hydrogens (tertiary/aromatic N) is 1. The molecule has 0 amide bonds. The van der Waals surface area contributed by atoms with Crippen molar-refractivity contribution in [1.29, 1.82) is 0 Å². The van der Waals surface area contributed by atoms with Crippen molar-refractivity contribution in [2.24, 2.45) is 16.7 Å². The van der Waals surface area contributed by atoms with Crippen LogP contribution in [0.25, 0.3) is 0 Å². The van der Waals surface area contributed by atoms with Crippen LogP contribution in [0.1, 0.15) is 66.2 Å². The molecule has 20 heavy (non-hydrogen) atoms. The monoisotopic (exact) mass is 280 g/mol. The Hall–Kier alpha value is -0.0800. The van der Waals surface area contributed by atoms with E-state index in [9.17, 15) is 0 Å². The fourth-order valence-corrected chi connectivity index (χ4v) is 4.30. The highest BCUT2D eigenvalue weighted by molar-refractivity contribution is 4.91. The summed E-state index contributed by atoms with van der Waals surface area (Å²) in [4.78, 5) is 2.77. The maximum Gasteiger partial charge on any atom is 0.00504 e. The van der Waals surface area contributed by atoms with E-state index in [0.29, 0.717) is 10.8 Å². The summed E-state index contributed by atoms with van der Waals surface area (Å²) >= 11 is 0. The summed E-state index contributed by atoms with van der Waals surface area (Å²) in [6, 6.07) is 0. The van der Waals surface area contributed by atoms with E-state index in [0.717, 1.165) is 5.92 Å². The van der Waals surface area contributed by atoms with E-state index in [-0.39, 0.29) is 0 Å². The van der Waals surface area contributed by atoms with Crippen LogP contribution in [-0.4, -0.2) is 37.6 Å². The summed E-state index contributed by atoms with van der Waals surface area (Å²) in [6.45, 7) is 15.9. The van der Waals surface area contributed by atoms with Gasteiger partial charge in [0.25, 0.3) is 0 Å². The van der Waals surface area contributed by atoms with Gasteiger partial charge in [0.1, 0.15) is 0 Å². The zero-order valence-corrected chi connectivity index (χ0v) is 14.3. The van der Waals surface area contributed by atoms with Gasteiger partial charge in [-0.2, -0.15) is 0 Å². The maximum absolute atomic E-state index is 3.75. The Balaban J connectivity index is 1.88. The molecule has 0 radical (unpaired) electrons. The van der Waals surface area contributed by atoms with Crippen LogP contribution in [0.2, 0.25) is 0 Å². The van der Waals surface area contributed by atoms with Gasteiger partial charge in [-0.3, -0.25) is 0 Å². The average molecular weight is 280 g/mol. The molecular weight excluding hydrogens is 244 g/mol. The van der Waals surface area contributed by atoms with E-state index in [1.807, 2.05) is 0 Å². The fourth-order valence-electron chi connectivity index (χ4n) is 4.30. The van der Waals surface area contributed by atoms with Gasteiger partial charge >= 0.3 is 0 Å². The maximum atomic E-state index is 3.75. The van der Waals surface area contributed by atoms with Crippen molar-refractivity contribution < 1.29 is 0 Å². The zero-order chi connectivity index (χ0) is 14.6. The Bertz CT molecular complexity index is 290. The van der Waals surface area contributed by atoms with E-state index in [1.54, 1.807) is 0 Å². The first-order valence-corrected chi connectivity index (χ1v) is 8.84. The van der Waals surface area contributed by atoms with Crippen molar-refractivity contribution >= 4 is 0 Å². The second-order valence-corrected chi connectivity index (χ2v) is 8.71. The summed E-state index contributed by atoms with van der Waals surface area (Å²) in [5.74, 6) is 0.766. The predicted octanol–water partition coefficient (Wildman–Crippen LogP) is 3.91. The molecule has 2 heteroatoms. The lowest BCUT2D eigenvalue weighted by molar-refractivity contribution is 0.0695. The molecule has 0 bridgehead atoms. The summed E-state index contributed by atoms with van der Waals surface area (Å²) in [5.41, 5.74) is 1.10. The van der Waals surface area contributed by atoms with Crippen LogP contribution in [-0.2, 0) is 0 Å². The predicted molar refractivity (Wildman–Crippen MR) is 88.1 cm³/mol. The van der Waals surface area contributed by atoms with Crippen LogP contribution in [0.15, 0.2) is 0 Å². The summed E-state index contributed by atoms with van der Waals surface area (Å²) in [7, 11) is 0. The third kappa shape index (κ3) is 4.73. The van der Waals surface area contributed by atoms with Gasteiger partial charge in [-0.25, -0.2) is 0 Å². The molecule has 1 aliphatic carbocycles. The van der Waals surface area contributed by atoms with Gasteiger partial charge in [-0.1, -0.05) is 40.5 Å². The van der Waals surface area contributed by atoms with E-state index in [1.165, 1.54) is 71.2 Å². The molecule has 2 nitrogen and oxygen atoms in total. The first kappa shape index (κ1) is 16.3. The van der Waals surface area contributed by atoms with Crippen LogP contribution in [0.5, 0.6) is 0 Å². The van der Waals surface area contributed by atoms with E-state index in [4.69, 9.17) is 0 Å². The van der Waals surface area contributed by atoms with Crippen molar-refractivity contribution in [2.75, 3.05) is 32.7 Å². The highest BCUT2D eigenvalue weighted by Crippen LogP contribution is 2.40. The standard InChI is InChI=1S/C18H36N2/c1-16(2)12-19-13-18(9-5-6-10-18)15-20-11-7-8-17(3,4)14-20/h16,19H,5-15H2,1-4H3. The summed E-state index contributed by atoms with van der Waals surface area (Å²) in [6.07, 6.45) is 8.57. The van der Waals surface area contributed by atoms with Crippen molar-refractivity contribution in [3.8, 4) is 0 Å². The minimum absolute atomic E-state index is 0.531. The van der Waals surface area contributed by atoms with Gasteiger partial charge in [0.05, 0.1) is 0 Å². The molecule has 0 unspecified atom stereocenters. The molecule has 0 aromatic carbocycles. The number of nitrogens with one attached hydrogen (secondary N) is 1. The summed E-state index contributed by atoms with van der Waals surface area (Å²) in [5, 5.41) is 3.75. The van der Waals surface area contributed by atoms with Crippen LogP contribution in [0.4, 0.5) is 0 Å². The van der Waals surface area contributed by atoms with Crippen LogP contribution in [0, 0.1) is 16.7 Å². The fraction of sp³-hybridized carbons (Fsp3) is 1.00. The molecular formula is C18H36N2. The lowest BCUT2D eigenvalue weighted by Crippen LogP contribution is -2.48. The molecule has 1 heterocycles. The Labute approximate surface area is 126 Å². The smallest absolute Gasteiger partial charge is 0.00504 e. The topological polar surface area (TPSA) is 15.3 Å². The minimum atomic E-state index is 0.531. The molecule has 1 saturated heterocycles. The van der Waals surface area contributed by atoms with Crippen LogP contribution in [0.3, 0.4) is 0 Å². The van der Waals surface area contributed by atoms with Gasteiger partial charge in [-0.15, -0.1) is 0 Å². The second-order valence-electron chi connectivity index (χ2n) is 8.71. The molecule has 0 spiro atoms. The lowest BCUT2D eigenvalue weighted by atomic mass is 9.80. The van der Waals surface area contributed by atoms with E-state index in [2.05, 4.69) is 37.9 Å². The number of rotatable bonds is 6. The van der Waals surface area contributed by atoms with Gasteiger partial charge < -0.3 is 10.2 Å². The molecule has 118 valence electrons. The van der Waals surface area contributed by atoms with Crippen molar-refractivity contribution in [3.63, 3.8) is 0 Å². The first-order chi connectivity index (χ1) is 9.41. The third-order valence-electron chi connectivity index (χ3n) is 5.26. The molecule has 1 aliphatic heterocycles. The van der Waals surface area contributed by atoms with Gasteiger partial charge in [0.15, 0.2) is 0 Å². The Morgan fingerprint density at radius 1 is 1.05 bits per heavy atom. The number of likely N-dealkylation sites (tertiary alicyclic amines) is 1. The highest BCUT2D eigenvalue weighted by atomic mass is 15.1. The lowest BCUT2D eigenvalue weighted by Gasteiger charge is -2.43. The molecule has 0 aromatic heterocycles. The van der Waals surface area contributed by atoms with Crippen molar-refractivity contribution in [1.82, 2.24) is 10.2 Å². The number of hydrogen-bond donors (Lipinski definition) is 1. The molecule has 2 aliphatic rings. The third-order valence-corrected chi connectivity index (χ3v) is 5.26. The van der Waals surface area contributed by atoms with Gasteiger partial charge in [0.2, 0.25) is 0 Å². The SMILES string of the molecule is CC(C)CNCC1(CN2CCCC(C)(C)C2)CCCC1. The van der Waals surface area contributed by atoms with Crippen LogP contribution >= 0.6 is 0 Å². The Morgan fingerprint density at radius 2 is 1.75 bits per heavy atom. The highest BCUT2D eigenvalue weighted by Gasteiger charge is 2.37. The number of piperidine rings is 1. The molecule has 1 saturated carbocycles. The quantitative estimate of drug-likeness (QED) is 0.793. The Morgan fingerprint density at radius 3 is 2.35 bits per heavy atom. The Kier molecular flexibility index (Phi) is 5.53. The second kappa shape index (κ2) is 6.79. The molecule has 1 N–H and O–H groups in total. The largest absolute Gasteiger partial charge is 0.316 e. The summed E-state index contributed by atoms with van der Waals surface area (Å²) < 4.78 is 0. The van der Waals surface area contributed by atoms with E-state index < -0.39 is 0 Å². The number of hydrogen-bond acceptors (Lipinski definition) is 2. The van der Waals surface area contributed by atoms with Crippen molar-refractivity contribution in [2.45, 2.75) is 66.2 Å². The normalized spacial score (nSPS) is 26.2. The van der Waals surface area contributed by atoms with Crippen LogP contribution < -0.4 is 5.32 Å². The average Bonchev–Trinajstić information content (AvgIpc) is 2.76. The zero-order valence-electron chi connectivity index (χ0n) is 14.3. The molecule has 2 rings (SSSR count).